The minimum Gasteiger partial charge on any atom is -0.458 e. The molecule has 0 aliphatic carbocycles. The smallest absolute Gasteiger partial charge is 0.331 e. The van der Waals surface area contributed by atoms with E-state index in [2.05, 4.69) is 0 Å². The summed E-state index contributed by atoms with van der Waals surface area (Å²) in [5, 5.41) is 2.09. The third kappa shape index (κ3) is 4.20. The fraction of sp³-hybridized carbons (Fsp3) is 0.0370. The largest absolute Gasteiger partial charge is 0.458 e. The van der Waals surface area contributed by atoms with Gasteiger partial charge in [0.15, 0.2) is 6.29 Å². The van der Waals surface area contributed by atoms with Gasteiger partial charge in [-0.05, 0) is 39.1 Å². The summed E-state index contributed by atoms with van der Waals surface area (Å²) >= 11 is 0. The van der Waals surface area contributed by atoms with E-state index in [-0.39, 0.29) is 6.61 Å². The maximum absolute atomic E-state index is 12.3. The standard InChI is InChI=1S/C27H20O3/c28-18-23-11-5-7-13-25(23)27-22(15-14-21-10-4-6-12-24(21)27)16-17-26(29)30-19-20-8-2-1-3-9-20/h1-18H,19H2/b17-16+. The summed E-state index contributed by atoms with van der Waals surface area (Å²) in [5.74, 6) is -0.415. The molecular formula is C27H20O3. The number of carbonyl (C=O) groups excluding carboxylic acids is 2. The Bertz CT molecular complexity index is 1220. The van der Waals surface area contributed by atoms with E-state index in [1.807, 2.05) is 84.9 Å². The van der Waals surface area contributed by atoms with Crippen molar-refractivity contribution in [2.45, 2.75) is 6.61 Å². The number of rotatable bonds is 6. The predicted molar refractivity (Wildman–Crippen MR) is 120 cm³/mol. The van der Waals surface area contributed by atoms with Gasteiger partial charge in [0.25, 0.3) is 0 Å². The second-order valence-corrected chi connectivity index (χ2v) is 6.88. The first-order chi connectivity index (χ1) is 14.8. The molecule has 4 aromatic carbocycles. The van der Waals surface area contributed by atoms with Crippen LogP contribution < -0.4 is 0 Å². The molecule has 0 atom stereocenters. The zero-order valence-electron chi connectivity index (χ0n) is 16.3. The number of hydrogen-bond donors (Lipinski definition) is 0. The molecule has 30 heavy (non-hydrogen) atoms. The Balaban J connectivity index is 1.69. The third-order valence-electron chi connectivity index (χ3n) is 4.94. The molecule has 0 saturated heterocycles. The Labute approximate surface area is 175 Å². The minimum absolute atomic E-state index is 0.225. The normalized spacial score (nSPS) is 10.9. The second-order valence-electron chi connectivity index (χ2n) is 6.88. The van der Waals surface area contributed by atoms with E-state index >= 15 is 0 Å². The van der Waals surface area contributed by atoms with Gasteiger partial charge < -0.3 is 4.74 Å². The third-order valence-corrected chi connectivity index (χ3v) is 4.94. The maximum Gasteiger partial charge on any atom is 0.331 e. The number of ether oxygens (including phenoxy) is 1. The molecule has 146 valence electrons. The van der Waals surface area contributed by atoms with Gasteiger partial charge in [0.05, 0.1) is 0 Å². The minimum atomic E-state index is -0.415. The van der Waals surface area contributed by atoms with Crippen molar-refractivity contribution in [3.8, 4) is 11.1 Å². The van der Waals surface area contributed by atoms with Gasteiger partial charge in [0, 0.05) is 11.6 Å². The Kier molecular flexibility index (Phi) is 5.81. The van der Waals surface area contributed by atoms with E-state index in [1.165, 1.54) is 6.08 Å². The van der Waals surface area contributed by atoms with Crippen LogP contribution >= 0.6 is 0 Å². The molecule has 4 aromatic rings. The van der Waals surface area contributed by atoms with Gasteiger partial charge in [-0.3, -0.25) is 4.79 Å². The summed E-state index contributed by atoms with van der Waals surface area (Å²) in [6, 6.07) is 29.0. The van der Waals surface area contributed by atoms with E-state index in [0.717, 1.165) is 39.3 Å². The van der Waals surface area contributed by atoms with Crippen LogP contribution in [0.15, 0.2) is 97.1 Å². The van der Waals surface area contributed by atoms with Crippen molar-refractivity contribution in [3.05, 3.63) is 114 Å². The van der Waals surface area contributed by atoms with Crippen molar-refractivity contribution < 1.29 is 14.3 Å². The quantitative estimate of drug-likeness (QED) is 0.227. The van der Waals surface area contributed by atoms with Gasteiger partial charge in [0.2, 0.25) is 0 Å². The van der Waals surface area contributed by atoms with Crippen LogP contribution in [0, 0.1) is 0 Å². The predicted octanol–water partition coefficient (Wildman–Crippen LogP) is 6.08. The van der Waals surface area contributed by atoms with Crippen LogP contribution in [-0.4, -0.2) is 12.3 Å². The Hall–Kier alpha value is -3.98. The second kappa shape index (κ2) is 9.01. The summed E-state index contributed by atoms with van der Waals surface area (Å²) in [7, 11) is 0. The monoisotopic (exact) mass is 392 g/mol. The molecule has 4 rings (SSSR count). The molecule has 0 amide bonds. The molecule has 0 N–H and O–H groups in total. The summed E-state index contributed by atoms with van der Waals surface area (Å²) in [5.41, 5.74) is 4.14. The van der Waals surface area contributed by atoms with Gasteiger partial charge in [-0.15, -0.1) is 0 Å². The fourth-order valence-corrected chi connectivity index (χ4v) is 3.49. The molecule has 0 radical (unpaired) electrons. The number of esters is 1. The highest BCUT2D eigenvalue weighted by molar-refractivity contribution is 6.05. The maximum atomic E-state index is 12.3. The van der Waals surface area contributed by atoms with E-state index in [9.17, 15) is 9.59 Å². The molecule has 0 aliphatic rings. The highest BCUT2D eigenvalue weighted by Gasteiger charge is 2.12. The van der Waals surface area contributed by atoms with Crippen molar-refractivity contribution in [2.75, 3.05) is 0 Å². The Morgan fingerprint density at radius 3 is 2.33 bits per heavy atom. The molecule has 0 bridgehead atoms. The molecule has 3 heteroatoms. The number of hydrogen-bond acceptors (Lipinski definition) is 3. The van der Waals surface area contributed by atoms with Crippen LogP contribution in [0.4, 0.5) is 0 Å². The topological polar surface area (TPSA) is 43.4 Å². The zero-order chi connectivity index (χ0) is 20.8. The average Bonchev–Trinajstić information content (AvgIpc) is 2.81. The van der Waals surface area contributed by atoms with Crippen molar-refractivity contribution in [3.63, 3.8) is 0 Å². The first-order valence-electron chi connectivity index (χ1n) is 9.71. The number of carbonyl (C=O) groups is 2. The summed E-state index contributed by atoms with van der Waals surface area (Å²) in [6.07, 6.45) is 4.04. The first kappa shape index (κ1) is 19.3. The summed E-state index contributed by atoms with van der Waals surface area (Å²) in [6.45, 7) is 0.225. The lowest BCUT2D eigenvalue weighted by molar-refractivity contribution is -0.138. The van der Waals surface area contributed by atoms with Crippen LogP contribution in [0.1, 0.15) is 21.5 Å². The molecule has 0 fully saturated rings. The molecule has 0 aliphatic heterocycles. The van der Waals surface area contributed by atoms with Crippen molar-refractivity contribution >= 4 is 29.1 Å². The lowest BCUT2D eigenvalue weighted by atomic mass is 9.90. The van der Waals surface area contributed by atoms with Crippen molar-refractivity contribution in [1.82, 2.24) is 0 Å². The molecule has 0 aromatic heterocycles. The zero-order valence-corrected chi connectivity index (χ0v) is 16.3. The molecule has 0 unspecified atom stereocenters. The van der Waals surface area contributed by atoms with E-state index in [1.54, 1.807) is 12.1 Å². The van der Waals surface area contributed by atoms with Gasteiger partial charge in [-0.1, -0.05) is 91.0 Å². The number of fused-ring (bicyclic) bond motifs is 1. The van der Waals surface area contributed by atoms with Gasteiger partial charge >= 0.3 is 5.97 Å². The van der Waals surface area contributed by atoms with E-state index < -0.39 is 5.97 Å². The van der Waals surface area contributed by atoms with Crippen LogP contribution in [0.3, 0.4) is 0 Å². The Morgan fingerprint density at radius 1 is 0.767 bits per heavy atom. The van der Waals surface area contributed by atoms with Gasteiger partial charge in [-0.25, -0.2) is 4.79 Å². The lowest BCUT2D eigenvalue weighted by Gasteiger charge is -2.13. The molecule has 3 nitrogen and oxygen atoms in total. The molecule has 0 heterocycles. The lowest BCUT2D eigenvalue weighted by Crippen LogP contribution is -2.00. The SMILES string of the molecule is O=Cc1ccccc1-c1c(/C=C/C(=O)OCc2ccccc2)ccc2ccccc12. The number of aldehydes is 1. The summed E-state index contributed by atoms with van der Waals surface area (Å²) in [4.78, 5) is 23.9. The van der Waals surface area contributed by atoms with E-state index in [0.29, 0.717) is 5.56 Å². The molecule has 0 spiro atoms. The van der Waals surface area contributed by atoms with Crippen LogP contribution in [0.5, 0.6) is 0 Å². The first-order valence-corrected chi connectivity index (χ1v) is 9.71. The van der Waals surface area contributed by atoms with Crippen LogP contribution in [0.25, 0.3) is 28.0 Å². The highest BCUT2D eigenvalue weighted by Crippen LogP contribution is 2.34. The Morgan fingerprint density at radius 2 is 1.50 bits per heavy atom. The number of benzene rings is 4. The van der Waals surface area contributed by atoms with Gasteiger partial charge in [-0.2, -0.15) is 0 Å². The van der Waals surface area contributed by atoms with Crippen molar-refractivity contribution in [2.24, 2.45) is 0 Å². The highest BCUT2D eigenvalue weighted by atomic mass is 16.5. The van der Waals surface area contributed by atoms with Crippen LogP contribution in [-0.2, 0) is 16.1 Å². The van der Waals surface area contributed by atoms with Crippen LogP contribution in [0.2, 0.25) is 0 Å². The average molecular weight is 392 g/mol. The van der Waals surface area contributed by atoms with Gasteiger partial charge in [0.1, 0.15) is 6.61 Å². The fourth-order valence-electron chi connectivity index (χ4n) is 3.49. The molecular weight excluding hydrogens is 372 g/mol. The van der Waals surface area contributed by atoms with Crippen molar-refractivity contribution in [1.29, 1.82) is 0 Å². The summed E-state index contributed by atoms with van der Waals surface area (Å²) < 4.78 is 5.35. The van der Waals surface area contributed by atoms with E-state index in [4.69, 9.17) is 4.74 Å². The molecule has 0 saturated carbocycles.